The van der Waals surface area contributed by atoms with E-state index in [0.29, 0.717) is 12.8 Å². The quantitative estimate of drug-likeness (QED) is 0.890. The van der Waals surface area contributed by atoms with Gasteiger partial charge in [0.05, 0.1) is 6.20 Å². The molecule has 19 heavy (non-hydrogen) atoms. The molecule has 0 aliphatic carbocycles. The van der Waals surface area contributed by atoms with Crippen LogP contribution in [0.15, 0.2) is 23.4 Å². The Morgan fingerprint density at radius 3 is 2.79 bits per heavy atom. The van der Waals surface area contributed by atoms with Gasteiger partial charge in [0.1, 0.15) is 16.8 Å². The van der Waals surface area contributed by atoms with Crippen molar-refractivity contribution in [3.05, 3.63) is 24.3 Å². The fraction of sp³-hybridized carbons (Fsp3) is 0.455. The highest BCUT2D eigenvalue weighted by Gasteiger charge is 2.37. The van der Waals surface area contributed by atoms with Crippen LogP contribution >= 0.6 is 0 Å². The Morgan fingerprint density at radius 1 is 1.42 bits per heavy atom. The molecular weight excluding hydrogens is 275 g/mol. The molecule has 1 atom stereocenters. The van der Waals surface area contributed by atoms with Gasteiger partial charge in [-0.25, -0.2) is 12.8 Å². The van der Waals surface area contributed by atoms with Crippen LogP contribution in [0.25, 0.3) is 0 Å². The SMILES string of the molecule is O=C(O)C1CCCCN1S(=O)(=O)c1cncc(F)c1. The number of aromatic nitrogens is 1. The molecule has 1 fully saturated rings. The lowest BCUT2D eigenvalue weighted by atomic mass is 10.1. The number of hydrogen-bond donors (Lipinski definition) is 1. The van der Waals surface area contributed by atoms with E-state index in [9.17, 15) is 17.6 Å². The van der Waals surface area contributed by atoms with Crippen LogP contribution in [0.5, 0.6) is 0 Å². The molecule has 104 valence electrons. The number of halogens is 1. The number of carboxylic acids is 1. The molecule has 1 aliphatic rings. The first-order chi connectivity index (χ1) is 8.93. The Kier molecular flexibility index (Phi) is 3.81. The van der Waals surface area contributed by atoms with Crippen molar-refractivity contribution in [1.82, 2.24) is 9.29 Å². The molecule has 0 spiro atoms. The number of carbonyl (C=O) groups is 1. The first-order valence-corrected chi connectivity index (χ1v) is 7.22. The Morgan fingerprint density at radius 2 is 2.16 bits per heavy atom. The number of rotatable bonds is 3. The van der Waals surface area contributed by atoms with Gasteiger partial charge in [-0.15, -0.1) is 0 Å². The van der Waals surface area contributed by atoms with Gasteiger partial charge in [0.15, 0.2) is 0 Å². The monoisotopic (exact) mass is 288 g/mol. The summed E-state index contributed by atoms with van der Waals surface area (Å²) in [5.41, 5.74) is 0. The second-order valence-electron chi connectivity index (χ2n) is 4.30. The van der Waals surface area contributed by atoms with E-state index in [1.807, 2.05) is 0 Å². The van der Waals surface area contributed by atoms with E-state index in [2.05, 4.69) is 4.98 Å². The van der Waals surface area contributed by atoms with Crippen LogP contribution < -0.4 is 0 Å². The zero-order valence-corrected chi connectivity index (χ0v) is 10.8. The zero-order valence-electron chi connectivity index (χ0n) is 9.99. The number of piperidine rings is 1. The van der Waals surface area contributed by atoms with Gasteiger partial charge in [-0.2, -0.15) is 4.31 Å². The molecule has 0 amide bonds. The third-order valence-corrected chi connectivity index (χ3v) is 4.90. The number of aliphatic carboxylic acids is 1. The molecule has 1 aliphatic heterocycles. The maximum atomic E-state index is 13.1. The van der Waals surface area contributed by atoms with Crippen molar-refractivity contribution in [2.45, 2.75) is 30.2 Å². The van der Waals surface area contributed by atoms with Crippen molar-refractivity contribution in [2.24, 2.45) is 0 Å². The molecule has 8 heteroatoms. The molecule has 0 aromatic carbocycles. The van der Waals surface area contributed by atoms with Crippen LogP contribution in [0.3, 0.4) is 0 Å². The number of sulfonamides is 1. The number of carboxylic acid groups (broad SMARTS) is 1. The van der Waals surface area contributed by atoms with Crippen LogP contribution in [0.4, 0.5) is 4.39 Å². The van der Waals surface area contributed by atoms with Gasteiger partial charge < -0.3 is 5.11 Å². The average Bonchev–Trinajstić information content (AvgIpc) is 2.38. The lowest BCUT2D eigenvalue weighted by Crippen LogP contribution is -2.47. The molecule has 6 nitrogen and oxygen atoms in total. The van der Waals surface area contributed by atoms with E-state index < -0.39 is 27.9 Å². The Labute approximate surface area is 109 Å². The second kappa shape index (κ2) is 5.22. The van der Waals surface area contributed by atoms with Crippen LogP contribution in [0, 0.1) is 5.82 Å². The van der Waals surface area contributed by atoms with Gasteiger partial charge in [-0.05, 0) is 25.3 Å². The van der Waals surface area contributed by atoms with E-state index in [1.54, 1.807) is 0 Å². The van der Waals surface area contributed by atoms with Crippen LogP contribution in [-0.4, -0.2) is 41.4 Å². The summed E-state index contributed by atoms with van der Waals surface area (Å²) >= 11 is 0. The molecule has 2 rings (SSSR count). The molecule has 0 bridgehead atoms. The van der Waals surface area contributed by atoms with Gasteiger partial charge >= 0.3 is 5.97 Å². The summed E-state index contributed by atoms with van der Waals surface area (Å²) in [6.45, 7) is 0.121. The van der Waals surface area contributed by atoms with Crippen molar-refractivity contribution in [1.29, 1.82) is 0 Å². The first-order valence-electron chi connectivity index (χ1n) is 5.78. The van der Waals surface area contributed by atoms with Crippen molar-refractivity contribution >= 4 is 16.0 Å². The minimum Gasteiger partial charge on any atom is -0.480 e. The van der Waals surface area contributed by atoms with E-state index in [0.717, 1.165) is 22.8 Å². The topological polar surface area (TPSA) is 87.6 Å². The molecule has 1 saturated heterocycles. The molecular formula is C11H13FN2O4S. The molecule has 0 radical (unpaired) electrons. The second-order valence-corrected chi connectivity index (χ2v) is 6.19. The van der Waals surface area contributed by atoms with Gasteiger partial charge in [0, 0.05) is 12.7 Å². The molecule has 1 N–H and O–H groups in total. The van der Waals surface area contributed by atoms with Crippen molar-refractivity contribution in [2.75, 3.05) is 6.54 Å². The fourth-order valence-corrected chi connectivity index (χ4v) is 3.73. The highest BCUT2D eigenvalue weighted by atomic mass is 32.2. The average molecular weight is 288 g/mol. The predicted molar refractivity (Wildman–Crippen MR) is 63.4 cm³/mol. The maximum absolute atomic E-state index is 13.1. The summed E-state index contributed by atoms with van der Waals surface area (Å²) in [6, 6.07) is -0.252. The van der Waals surface area contributed by atoms with E-state index in [1.165, 1.54) is 0 Å². The van der Waals surface area contributed by atoms with Gasteiger partial charge in [0.2, 0.25) is 10.0 Å². The Bertz CT molecular complexity index is 590. The first kappa shape index (κ1) is 13.9. The summed E-state index contributed by atoms with van der Waals surface area (Å²) in [7, 11) is -4.03. The number of pyridine rings is 1. The zero-order chi connectivity index (χ0) is 14.0. The van der Waals surface area contributed by atoms with E-state index in [-0.39, 0.29) is 17.9 Å². The summed E-state index contributed by atoms with van der Waals surface area (Å²) in [5.74, 6) is -1.96. The lowest BCUT2D eigenvalue weighted by Gasteiger charge is -2.31. The van der Waals surface area contributed by atoms with E-state index >= 15 is 0 Å². The Balaban J connectivity index is 2.40. The van der Waals surface area contributed by atoms with Gasteiger partial charge in [-0.3, -0.25) is 9.78 Å². The summed E-state index contributed by atoms with van der Waals surface area (Å²) in [6.07, 6.45) is 3.42. The van der Waals surface area contributed by atoms with Crippen molar-refractivity contribution in [3.8, 4) is 0 Å². The molecule has 2 heterocycles. The summed E-state index contributed by atoms with van der Waals surface area (Å²) in [4.78, 5) is 14.3. The number of hydrogen-bond acceptors (Lipinski definition) is 4. The summed E-state index contributed by atoms with van der Waals surface area (Å²) in [5, 5.41) is 9.08. The third-order valence-electron chi connectivity index (χ3n) is 3.03. The maximum Gasteiger partial charge on any atom is 0.322 e. The lowest BCUT2D eigenvalue weighted by molar-refractivity contribution is -0.142. The van der Waals surface area contributed by atoms with Crippen molar-refractivity contribution < 1.29 is 22.7 Å². The van der Waals surface area contributed by atoms with Crippen molar-refractivity contribution in [3.63, 3.8) is 0 Å². The molecule has 1 aromatic rings. The van der Waals surface area contributed by atoms with Gasteiger partial charge in [0.25, 0.3) is 0 Å². The van der Waals surface area contributed by atoms with Gasteiger partial charge in [-0.1, -0.05) is 0 Å². The highest BCUT2D eigenvalue weighted by molar-refractivity contribution is 7.89. The largest absolute Gasteiger partial charge is 0.480 e. The molecule has 1 unspecified atom stereocenters. The van der Waals surface area contributed by atoms with Crippen LogP contribution in [0.1, 0.15) is 19.3 Å². The Hall–Kier alpha value is -1.54. The van der Waals surface area contributed by atoms with Crippen LogP contribution in [-0.2, 0) is 14.8 Å². The molecule has 1 aromatic heterocycles. The minimum absolute atomic E-state index is 0.121. The predicted octanol–water partition coefficient (Wildman–Crippen LogP) is 0.848. The molecule has 0 saturated carbocycles. The highest BCUT2D eigenvalue weighted by Crippen LogP contribution is 2.25. The standard InChI is InChI=1S/C11H13FN2O4S/c12-8-5-9(7-13-6-8)19(17,18)14-4-2-1-3-10(14)11(15)16/h5-7,10H,1-4H2,(H,15,16). The van der Waals surface area contributed by atoms with E-state index in [4.69, 9.17) is 5.11 Å². The fourth-order valence-electron chi connectivity index (χ4n) is 2.11. The van der Waals surface area contributed by atoms with Crippen LogP contribution in [0.2, 0.25) is 0 Å². The normalized spacial score (nSPS) is 21.2. The third kappa shape index (κ3) is 2.74. The summed E-state index contributed by atoms with van der Waals surface area (Å²) < 4.78 is 38.6. The smallest absolute Gasteiger partial charge is 0.322 e. The minimum atomic E-state index is -4.03. The number of nitrogens with zero attached hydrogens (tertiary/aromatic N) is 2.